The second-order valence-corrected chi connectivity index (χ2v) is 22.0. The maximum absolute atomic E-state index is 12.9. The van der Waals surface area contributed by atoms with Gasteiger partial charge in [-0.2, -0.15) is 0 Å². The van der Waals surface area contributed by atoms with Crippen LogP contribution >= 0.6 is 0 Å². The standard InChI is InChI=1S/C76H124O6/c1-4-7-10-13-16-19-22-25-28-30-31-32-33-34-35-36-37-38-39-40-41-42-43-44-45-47-48-51-54-57-60-63-66-69-75(78)81-72-73(71-80-74(77)68-65-62-59-56-53-50-27-24-21-18-15-12-9-6-3)82-76(79)70-67-64-61-58-55-52-49-46-29-26-23-20-17-14-11-8-5-2/h7,10,15-20,24-29,31-32,34-35,37-38,40-41,43-44,73H,4-6,8-9,11-14,21-23,30,33,36,39,42,45-72H2,1-3H3/b10-7-,18-15-,19-16-,20-17-,27-24-,28-25-,29-26-,32-31-,35-34-,38-37-,41-40-,44-43-. The van der Waals surface area contributed by atoms with Crippen LogP contribution in [0.1, 0.15) is 297 Å². The Morgan fingerprint density at radius 2 is 0.488 bits per heavy atom. The maximum Gasteiger partial charge on any atom is 0.306 e. The van der Waals surface area contributed by atoms with Gasteiger partial charge in [0.05, 0.1) is 0 Å². The van der Waals surface area contributed by atoms with Gasteiger partial charge in [-0.1, -0.05) is 282 Å². The molecule has 0 saturated carbocycles. The van der Waals surface area contributed by atoms with E-state index in [0.29, 0.717) is 19.3 Å². The quantitative estimate of drug-likeness (QED) is 0.0261. The number of ether oxygens (including phenoxy) is 3. The smallest absolute Gasteiger partial charge is 0.306 e. The predicted molar refractivity (Wildman–Crippen MR) is 357 cm³/mol. The fourth-order valence-corrected chi connectivity index (χ4v) is 8.98. The van der Waals surface area contributed by atoms with Crippen LogP contribution < -0.4 is 0 Å². The van der Waals surface area contributed by atoms with Gasteiger partial charge in [-0.05, 0) is 141 Å². The maximum atomic E-state index is 12.9. The van der Waals surface area contributed by atoms with Gasteiger partial charge in [0, 0.05) is 19.3 Å². The largest absolute Gasteiger partial charge is 0.462 e. The minimum atomic E-state index is -0.798. The van der Waals surface area contributed by atoms with E-state index in [9.17, 15) is 14.4 Å². The number of allylic oxidation sites excluding steroid dienone is 24. The van der Waals surface area contributed by atoms with Crippen molar-refractivity contribution in [2.75, 3.05) is 13.2 Å². The van der Waals surface area contributed by atoms with Crippen LogP contribution in [0.3, 0.4) is 0 Å². The number of carbonyl (C=O) groups excluding carboxylic acids is 3. The van der Waals surface area contributed by atoms with Gasteiger partial charge in [0.15, 0.2) is 6.10 Å². The van der Waals surface area contributed by atoms with Crippen molar-refractivity contribution in [3.8, 4) is 0 Å². The summed E-state index contributed by atoms with van der Waals surface area (Å²) < 4.78 is 16.9. The predicted octanol–water partition coefficient (Wildman–Crippen LogP) is 23.5. The van der Waals surface area contributed by atoms with Crippen molar-refractivity contribution in [1.82, 2.24) is 0 Å². The molecule has 1 unspecified atom stereocenters. The van der Waals surface area contributed by atoms with E-state index in [0.717, 1.165) is 154 Å². The van der Waals surface area contributed by atoms with Gasteiger partial charge in [-0.3, -0.25) is 14.4 Å². The molecule has 0 aliphatic rings. The summed E-state index contributed by atoms with van der Waals surface area (Å²) in [6.07, 6.45) is 98.5. The van der Waals surface area contributed by atoms with Crippen LogP contribution in [0.2, 0.25) is 0 Å². The highest BCUT2D eigenvalue weighted by molar-refractivity contribution is 5.71. The molecule has 0 heterocycles. The van der Waals surface area contributed by atoms with Crippen molar-refractivity contribution < 1.29 is 28.6 Å². The third kappa shape index (κ3) is 66.1. The van der Waals surface area contributed by atoms with Crippen LogP contribution in [0.5, 0.6) is 0 Å². The van der Waals surface area contributed by atoms with Crippen LogP contribution in [0.4, 0.5) is 0 Å². The van der Waals surface area contributed by atoms with Gasteiger partial charge in [0.2, 0.25) is 0 Å². The molecule has 1 atom stereocenters. The van der Waals surface area contributed by atoms with E-state index in [4.69, 9.17) is 14.2 Å². The Hall–Kier alpha value is -4.71. The molecule has 0 saturated heterocycles. The first-order valence-electron chi connectivity index (χ1n) is 33.8. The summed E-state index contributed by atoms with van der Waals surface area (Å²) >= 11 is 0. The lowest BCUT2D eigenvalue weighted by molar-refractivity contribution is -0.167. The molecular formula is C76H124O6. The number of esters is 3. The van der Waals surface area contributed by atoms with E-state index in [1.54, 1.807) is 0 Å². The topological polar surface area (TPSA) is 78.9 Å². The van der Waals surface area contributed by atoms with Gasteiger partial charge in [0.1, 0.15) is 13.2 Å². The average molecular weight is 1130 g/mol. The fraction of sp³-hybridized carbons (Fsp3) is 0.645. The lowest BCUT2D eigenvalue weighted by atomic mass is 10.1. The summed E-state index contributed by atoms with van der Waals surface area (Å²) in [5, 5.41) is 0. The highest BCUT2D eigenvalue weighted by Gasteiger charge is 2.19. The van der Waals surface area contributed by atoms with E-state index < -0.39 is 6.10 Å². The van der Waals surface area contributed by atoms with Gasteiger partial charge in [-0.25, -0.2) is 0 Å². The Kier molecular flexibility index (Phi) is 64.8. The molecule has 464 valence electrons. The average Bonchev–Trinajstić information content (AvgIpc) is 3.47. The zero-order chi connectivity index (χ0) is 59.2. The summed E-state index contributed by atoms with van der Waals surface area (Å²) in [4.78, 5) is 38.4. The Morgan fingerprint density at radius 1 is 0.256 bits per heavy atom. The summed E-state index contributed by atoms with van der Waals surface area (Å²) in [6, 6.07) is 0. The van der Waals surface area contributed by atoms with Crippen molar-refractivity contribution >= 4 is 17.9 Å². The summed E-state index contributed by atoms with van der Waals surface area (Å²) in [5.41, 5.74) is 0. The van der Waals surface area contributed by atoms with Gasteiger partial charge in [0.25, 0.3) is 0 Å². The molecule has 6 nitrogen and oxygen atoms in total. The first kappa shape index (κ1) is 77.3. The summed E-state index contributed by atoms with van der Waals surface area (Å²) in [6.45, 7) is 6.44. The van der Waals surface area contributed by atoms with Crippen LogP contribution in [-0.2, 0) is 28.6 Å². The van der Waals surface area contributed by atoms with E-state index in [1.165, 1.54) is 103 Å². The van der Waals surface area contributed by atoms with Crippen molar-refractivity contribution in [3.05, 3.63) is 146 Å². The molecule has 0 radical (unpaired) electrons. The molecule has 82 heavy (non-hydrogen) atoms. The Bertz CT molecular complexity index is 1780. The summed E-state index contributed by atoms with van der Waals surface area (Å²) in [7, 11) is 0. The molecule has 0 aliphatic carbocycles. The zero-order valence-corrected chi connectivity index (χ0v) is 53.2. The van der Waals surface area contributed by atoms with E-state index >= 15 is 0 Å². The van der Waals surface area contributed by atoms with Crippen LogP contribution in [0.15, 0.2) is 146 Å². The number of rotatable bonds is 60. The summed E-state index contributed by atoms with van der Waals surface area (Å²) in [5.74, 6) is -0.921. The van der Waals surface area contributed by atoms with Crippen LogP contribution in [-0.4, -0.2) is 37.2 Å². The van der Waals surface area contributed by atoms with Crippen molar-refractivity contribution in [2.45, 2.75) is 303 Å². The molecule has 0 aliphatic heterocycles. The van der Waals surface area contributed by atoms with Gasteiger partial charge >= 0.3 is 17.9 Å². The fourth-order valence-electron chi connectivity index (χ4n) is 8.98. The molecule has 0 bridgehead atoms. The molecule has 0 fully saturated rings. The molecule has 0 aromatic rings. The highest BCUT2D eigenvalue weighted by atomic mass is 16.6. The number of hydrogen-bond acceptors (Lipinski definition) is 6. The SMILES string of the molecule is CC/C=C\C/C=C\C/C=C\C/C=C\C/C=C\C/C=C\C/C=C\C/C=C\CCCCCCCCCCC(=O)OCC(COC(=O)CCCCCCC/C=C\C/C=C\CCCC)OC(=O)CCCCCCCCC/C=C\C/C=C\CCCCC. The second-order valence-electron chi connectivity index (χ2n) is 22.0. The van der Waals surface area contributed by atoms with Crippen molar-refractivity contribution in [3.63, 3.8) is 0 Å². The highest BCUT2D eigenvalue weighted by Crippen LogP contribution is 2.15. The minimum Gasteiger partial charge on any atom is -0.462 e. The van der Waals surface area contributed by atoms with Crippen molar-refractivity contribution in [2.24, 2.45) is 0 Å². The second kappa shape index (κ2) is 68.8. The molecule has 0 amide bonds. The molecule has 0 spiro atoms. The van der Waals surface area contributed by atoms with E-state index in [2.05, 4.69) is 167 Å². The van der Waals surface area contributed by atoms with Crippen LogP contribution in [0.25, 0.3) is 0 Å². The zero-order valence-electron chi connectivity index (χ0n) is 53.2. The molecule has 6 heteroatoms. The van der Waals surface area contributed by atoms with E-state index in [-0.39, 0.29) is 31.1 Å². The van der Waals surface area contributed by atoms with Gasteiger partial charge in [-0.15, -0.1) is 0 Å². The number of unbranched alkanes of at least 4 members (excludes halogenated alkanes) is 25. The molecular weight excluding hydrogens is 1010 g/mol. The lowest BCUT2D eigenvalue weighted by Gasteiger charge is -2.18. The Balaban J connectivity index is 4.32. The molecule has 0 rings (SSSR count). The Labute approximate surface area is 506 Å². The molecule has 0 aromatic carbocycles. The minimum absolute atomic E-state index is 0.0939. The van der Waals surface area contributed by atoms with Gasteiger partial charge < -0.3 is 14.2 Å². The van der Waals surface area contributed by atoms with Crippen LogP contribution in [0, 0.1) is 0 Å². The van der Waals surface area contributed by atoms with E-state index in [1.807, 2.05) is 0 Å². The number of hydrogen-bond donors (Lipinski definition) is 0. The normalized spacial score (nSPS) is 13.1. The Morgan fingerprint density at radius 3 is 0.780 bits per heavy atom. The first-order chi connectivity index (χ1) is 40.5. The monoisotopic (exact) mass is 1130 g/mol. The first-order valence-corrected chi connectivity index (χ1v) is 33.8. The number of carbonyl (C=O) groups is 3. The lowest BCUT2D eigenvalue weighted by Crippen LogP contribution is -2.30. The third-order valence-corrected chi connectivity index (χ3v) is 14.0. The van der Waals surface area contributed by atoms with Crippen molar-refractivity contribution in [1.29, 1.82) is 0 Å². The molecule has 0 N–H and O–H groups in total. The third-order valence-electron chi connectivity index (χ3n) is 14.0. The molecule has 0 aromatic heterocycles.